The number of anilines is 1. The van der Waals surface area contributed by atoms with Gasteiger partial charge in [0.05, 0.1) is 30.0 Å². The van der Waals surface area contributed by atoms with Crippen LogP contribution in [0.4, 0.5) is 5.69 Å². The number of imidazole rings is 1. The van der Waals surface area contributed by atoms with E-state index >= 15 is 0 Å². The van der Waals surface area contributed by atoms with Gasteiger partial charge in [0.25, 0.3) is 0 Å². The van der Waals surface area contributed by atoms with Crippen molar-refractivity contribution < 1.29 is 9.47 Å². The van der Waals surface area contributed by atoms with Gasteiger partial charge in [-0.1, -0.05) is 0 Å². The van der Waals surface area contributed by atoms with Crippen LogP contribution in [0, 0.1) is 0 Å². The Morgan fingerprint density at radius 1 is 1.25 bits per heavy atom. The van der Waals surface area contributed by atoms with E-state index in [0.29, 0.717) is 12.3 Å². The Morgan fingerprint density at radius 2 is 2.04 bits per heavy atom. The van der Waals surface area contributed by atoms with Crippen molar-refractivity contribution in [1.29, 1.82) is 0 Å². The molecule has 3 heterocycles. The Kier molecular flexibility index (Phi) is 6.09. The van der Waals surface area contributed by atoms with Crippen molar-refractivity contribution in [2.45, 2.75) is 6.42 Å². The number of H-pyrrole nitrogens is 1. The molecule has 0 unspecified atom stereocenters. The first-order valence-corrected chi connectivity index (χ1v) is 10.3. The molecule has 1 fully saturated rings. The van der Waals surface area contributed by atoms with Crippen LogP contribution in [0.25, 0.3) is 22.6 Å². The first kappa shape index (κ1) is 19.2. The van der Waals surface area contributed by atoms with Crippen LogP contribution in [0.5, 0.6) is 5.75 Å². The smallest absolute Gasteiger partial charge is 0.180 e. The van der Waals surface area contributed by atoms with Crippen molar-refractivity contribution in [3.8, 4) is 17.1 Å². The van der Waals surface area contributed by atoms with Crippen molar-refractivity contribution in [2.75, 3.05) is 51.8 Å². The van der Waals surface area contributed by atoms with Gasteiger partial charge in [-0.3, -0.25) is 4.90 Å². The van der Waals surface area contributed by atoms with Crippen LogP contribution in [0.3, 0.4) is 0 Å². The molecule has 0 saturated carbocycles. The summed E-state index contributed by atoms with van der Waals surface area (Å²) >= 11 is 3.51. The van der Waals surface area contributed by atoms with Crippen LogP contribution >= 0.6 is 15.9 Å². The second-order valence-electron chi connectivity index (χ2n) is 6.70. The molecule has 1 aliphatic rings. The molecule has 8 heteroatoms. The number of fused-ring (bicyclic) bond motifs is 1. The van der Waals surface area contributed by atoms with Gasteiger partial charge in [-0.25, -0.2) is 9.97 Å². The van der Waals surface area contributed by atoms with Crippen molar-refractivity contribution in [3.05, 3.63) is 34.9 Å². The molecule has 0 atom stereocenters. The molecule has 0 amide bonds. The van der Waals surface area contributed by atoms with Crippen molar-refractivity contribution >= 4 is 32.8 Å². The molecule has 3 aromatic rings. The number of hydrogen-bond donors (Lipinski definition) is 2. The van der Waals surface area contributed by atoms with Gasteiger partial charge in [0.15, 0.2) is 5.65 Å². The second-order valence-corrected chi connectivity index (χ2v) is 7.55. The molecule has 4 rings (SSSR count). The summed E-state index contributed by atoms with van der Waals surface area (Å²) in [4.78, 5) is 14.8. The van der Waals surface area contributed by atoms with Crippen LogP contribution < -0.4 is 10.1 Å². The topological polar surface area (TPSA) is 75.3 Å². The number of ether oxygens (including phenoxy) is 2. The third-order valence-corrected chi connectivity index (χ3v) is 5.44. The van der Waals surface area contributed by atoms with E-state index in [1.54, 1.807) is 6.20 Å². The minimum Gasteiger partial charge on any atom is -0.494 e. The number of morpholine rings is 1. The second kappa shape index (κ2) is 8.89. The normalized spacial score (nSPS) is 15.1. The lowest BCUT2D eigenvalue weighted by Crippen LogP contribution is -2.37. The number of nitrogens with one attached hydrogen (secondary N) is 2. The zero-order valence-corrected chi connectivity index (χ0v) is 17.5. The predicted octanol–water partition coefficient (Wildman–Crippen LogP) is 3.53. The zero-order valence-electron chi connectivity index (χ0n) is 15.9. The van der Waals surface area contributed by atoms with Crippen LogP contribution in [0.1, 0.15) is 6.42 Å². The first-order valence-electron chi connectivity index (χ1n) is 9.50. The van der Waals surface area contributed by atoms with E-state index in [2.05, 4.69) is 41.1 Å². The Balaban J connectivity index is 1.37. The van der Waals surface area contributed by atoms with Crippen LogP contribution in [-0.2, 0) is 4.74 Å². The largest absolute Gasteiger partial charge is 0.494 e. The first-order chi connectivity index (χ1) is 13.7. The summed E-state index contributed by atoms with van der Waals surface area (Å²) in [5.41, 5.74) is 3.52. The average Bonchev–Trinajstić information content (AvgIpc) is 3.17. The molecule has 0 aliphatic carbocycles. The molecule has 148 valence electrons. The van der Waals surface area contributed by atoms with E-state index in [1.165, 1.54) is 0 Å². The third kappa shape index (κ3) is 4.29. The standard InChI is InChI=1S/C20H24BrN5O2/c1-22-17-16(21)13-23-20-18(17)24-19(25-20)14-3-5-15(6-4-14)28-10-2-7-26-8-11-27-12-9-26/h3-6,13H,2,7-12H2,1H3,(H2,22,23,24,25). The van der Waals surface area contributed by atoms with Crippen LogP contribution in [0.2, 0.25) is 0 Å². The minimum absolute atomic E-state index is 0.686. The number of nitrogens with zero attached hydrogens (tertiary/aromatic N) is 3. The molecular weight excluding hydrogens is 422 g/mol. The van der Waals surface area contributed by atoms with E-state index < -0.39 is 0 Å². The van der Waals surface area contributed by atoms with E-state index in [-0.39, 0.29) is 0 Å². The van der Waals surface area contributed by atoms with Crippen molar-refractivity contribution in [2.24, 2.45) is 0 Å². The van der Waals surface area contributed by atoms with Gasteiger partial charge in [-0.15, -0.1) is 0 Å². The summed E-state index contributed by atoms with van der Waals surface area (Å²) in [5, 5.41) is 3.18. The fourth-order valence-electron chi connectivity index (χ4n) is 3.33. The lowest BCUT2D eigenvalue weighted by molar-refractivity contribution is 0.0358. The van der Waals surface area contributed by atoms with Crippen molar-refractivity contribution in [1.82, 2.24) is 19.9 Å². The van der Waals surface area contributed by atoms with Gasteiger partial charge < -0.3 is 19.8 Å². The SMILES string of the molecule is CNc1c(Br)cnc2nc(-c3ccc(OCCCN4CCOCC4)cc3)[nH]c12. The number of pyridine rings is 1. The zero-order chi connectivity index (χ0) is 19.3. The predicted molar refractivity (Wildman–Crippen MR) is 114 cm³/mol. The van der Waals surface area contributed by atoms with Crippen LogP contribution in [-0.4, -0.2) is 66.4 Å². The van der Waals surface area contributed by atoms with Gasteiger partial charge in [0, 0.05) is 38.4 Å². The molecule has 1 aliphatic heterocycles. The summed E-state index contributed by atoms with van der Waals surface area (Å²) in [6.45, 7) is 5.49. The Hall–Kier alpha value is -2.16. The highest BCUT2D eigenvalue weighted by molar-refractivity contribution is 9.10. The van der Waals surface area contributed by atoms with Crippen molar-refractivity contribution in [3.63, 3.8) is 0 Å². The summed E-state index contributed by atoms with van der Waals surface area (Å²) in [7, 11) is 1.88. The number of aromatic amines is 1. The van der Waals surface area contributed by atoms with Gasteiger partial charge >= 0.3 is 0 Å². The third-order valence-electron chi connectivity index (χ3n) is 4.84. The Bertz CT molecular complexity index is 922. The molecule has 1 saturated heterocycles. The van der Waals surface area contributed by atoms with Gasteiger partial charge in [0.1, 0.15) is 17.1 Å². The quantitative estimate of drug-likeness (QED) is 0.541. The number of aromatic nitrogens is 3. The van der Waals surface area contributed by atoms with Gasteiger partial charge in [-0.05, 0) is 46.6 Å². The van der Waals surface area contributed by atoms with Gasteiger partial charge in [-0.2, -0.15) is 0 Å². The molecule has 28 heavy (non-hydrogen) atoms. The Labute approximate surface area is 172 Å². The number of benzene rings is 1. The maximum atomic E-state index is 5.88. The van der Waals surface area contributed by atoms with Crippen LogP contribution in [0.15, 0.2) is 34.9 Å². The summed E-state index contributed by atoms with van der Waals surface area (Å²) < 4.78 is 12.2. The molecule has 7 nitrogen and oxygen atoms in total. The maximum absolute atomic E-state index is 5.88. The maximum Gasteiger partial charge on any atom is 0.180 e. The molecular formula is C20H24BrN5O2. The molecule has 0 radical (unpaired) electrons. The lowest BCUT2D eigenvalue weighted by Gasteiger charge is -2.26. The highest BCUT2D eigenvalue weighted by Gasteiger charge is 2.12. The fraction of sp³-hybridized carbons (Fsp3) is 0.400. The molecule has 2 aromatic heterocycles. The molecule has 2 N–H and O–H groups in total. The highest BCUT2D eigenvalue weighted by Crippen LogP contribution is 2.30. The number of hydrogen-bond acceptors (Lipinski definition) is 6. The average molecular weight is 446 g/mol. The van der Waals surface area contributed by atoms with Gasteiger partial charge in [0.2, 0.25) is 0 Å². The fourth-order valence-corrected chi connectivity index (χ4v) is 3.83. The molecule has 0 spiro atoms. The van der Waals surface area contributed by atoms with E-state index in [4.69, 9.17) is 9.47 Å². The summed E-state index contributed by atoms with van der Waals surface area (Å²) in [5.74, 6) is 1.66. The summed E-state index contributed by atoms with van der Waals surface area (Å²) in [6.07, 6.45) is 2.77. The van der Waals surface area contributed by atoms with E-state index in [1.807, 2.05) is 31.3 Å². The Morgan fingerprint density at radius 3 is 2.79 bits per heavy atom. The summed E-state index contributed by atoms with van der Waals surface area (Å²) in [6, 6.07) is 8.01. The van der Waals surface area contributed by atoms with E-state index in [0.717, 1.165) is 72.1 Å². The monoisotopic (exact) mass is 445 g/mol. The number of halogens is 1. The molecule has 0 bridgehead atoms. The molecule has 1 aromatic carbocycles. The van der Waals surface area contributed by atoms with E-state index in [9.17, 15) is 0 Å². The number of rotatable bonds is 7. The lowest BCUT2D eigenvalue weighted by atomic mass is 10.2. The highest BCUT2D eigenvalue weighted by atomic mass is 79.9. The minimum atomic E-state index is 0.686.